The van der Waals surface area contributed by atoms with Crippen molar-refractivity contribution in [3.8, 4) is 0 Å². The van der Waals surface area contributed by atoms with Crippen LogP contribution in [0.4, 0.5) is 5.82 Å². The first-order valence-corrected chi connectivity index (χ1v) is 9.35. The van der Waals surface area contributed by atoms with Gasteiger partial charge in [-0.25, -0.2) is 4.98 Å². The van der Waals surface area contributed by atoms with Gasteiger partial charge < -0.3 is 19.9 Å². The summed E-state index contributed by atoms with van der Waals surface area (Å²) in [6, 6.07) is 6.00. The summed E-state index contributed by atoms with van der Waals surface area (Å²) < 4.78 is 5.35. The number of hydrogen-bond donors (Lipinski definition) is 1. The number of pyridine rings is 1. The van der Waals surface area contributed by atoms with Crippen molar-refractivity contribution in [1.29, 1.82) is 0 Å². The van der Waals surface area contributed by atoms with E-state index in [-0.39, 0.29) is 11.9 Å². The number of ether oxygens (including phenoxy) is 1. The Bertz CT molecular complexity index is 667. The molecule has 1 aliphatic heterocycles. The minimum absolute atomic E-state index is 0.0943. The van der Waals surface area contributed by atoms with Gasteiger partial charge in [-0.05, 0) is 48.6 Å². The summed E-state index contributed by atoms with van der Waals surface area (Å²) in [5.74, 6) is 0.799. The Morgan fingerprint density at radius 2 is 2.16 bits per heavy atom. The molecule has 3 rings (SSSR count). The zero-order valence-corrected chi connectivity index (χ0v) is 15.5. The van der Waals surface area contributed by atoms with Gasteiger partial charge in [0.2, 0.25) is 0 Å². The molecule has 1 fully saturated rings. The van der Waals surface area contributed by atoms with Crippen LogP contribution < -0.4 is 10.2 Å². The maximum absolute atomic E-state index is 12.4. The van der Waals surface area contributed by atoms with Crippen LogP contribution in [0.3, 0.4) is 0 Å². The molecule has 2 aromatic heterocycles. The number of nitrogens with one attached hydrogen (secondary N) is 1. The summed E-state index contributed by atoms with van der Waals surface area (Å²) in [6.07, 6.45) is 1.65. The van der Waals surface area contributed by atoms with Crippen LogP contribution in [0.15, 0.2) is 35.2 Å². The second kappa shape index (κ2) is 8.42. The van der Waals surface area contributed by atoms with E-state index in [2.05, 4.69) is 36.9 Å². The lowest BCUT2D eigenvalue weighted by atomic mass is 10.1. The summed E-state index contributed by atoms with van der Waals surface area (Å²) >= 11 is 1.67. The molecule has 1 aliphatic rings. The van der Waals surface area contributed by atoms with Crippen LogP contribution in [0.25, 0.3) is 0 Å². The fraction of sp³-hybridized carbons (Fsp3) is 0.444. The van der Waals surface area contributed by atoms with Crippen LogP contribution >= 0.6 is 11.3 Å². The third-order valence-electron chi connectivity index (χ3n) is 4.35. The Labute approximate surface area is 152 Å². The molecule has 6 nitrogen and oxygen atoms in total. The SMILES string of the molecule is CN(C)C(CNC(=O)c1ccc(N2CCOCC2)nc1)c1ccsc1. The van der Waals surface area contributed by atoms with E-state index in [4.69, 9.17) is 4.74 Å². The van der Waals surface area contributed by atoms with Crippen molar-refractivity contribution < 1.29 is 9.53 Å². The average Bonchev–Trinajstić information content (AvgIpc) is 3.16. The average molecular weight is 360 g/mol. The molecule has 0 aliphatic carbocycles. The van der Waals surface area contributed by atoms with Gasteiger partial charge in [0.1, 0.15) is 5.82 Å². The fourth-order valence-electron chi connectivity index (χ4n) is 2.85. The minimum atomic E-state index is -0.0943. The number of anilines is 1. The quantitative estimate of drug-likeness (QED) is 0.854. The second-order valence-corrected chi connectivity index (χ2v) is 7.03. The highest BCUT2D eigenvalue weighted by Gasteiger charge is 2.17. The summed E-state index contributed by atoms with van der Waals surface area (Å²) in [6.45, 7) is 3.68. The number of carbonyl (C=O) groups excluding carboxylic acids is 1. The standard InChI is InChI=1S/C18H24N4O2S/c1-21(2)16(15-5-10-25-13-15)12-20-18(23)14-3-4-17(19-11-14)22-6-8-24-9-7-22/h3-5,10-11,13,16H,6-9,12H2,1-2H3,(H,20,23). The number of aromatic nitrogens is 1. The molecule has 1 N–H and O–H groups in total. The molecule has 3 heterocycles. The molecule has 0 radical (unpaired) electrons. The molecule has 0 aromatic carbocycles. The van der Waals surface area contributed by atoms with Crippen LogP contribution in [0.2, 0.25) is 0 Å². The predicted octanol–water partition coefficient (Wildman–Crippen LogP) is 2.01. The highest BCUT2D eigenvalue weighted by molar-refractivity contribution is 7.07. The molecule has 1 unspecified atom stereocenters. The van der Waals surface area contributed by atoms with Gasteiger partial charge in [0, 0.05) is 25.8 Å². The monoisotopic (exact) mass is 360 g/mol. The van der Waals surface area contributed by atoms with Crippen LogP contribution in [0.5, 0.6) is 0 Å². The first kappa shape index (κ1) is 17.8. The van der Waals surface area contributed by atoms with Gasteiger partial charge >= 0.3 is 0 Å². The van der Waals surface area contributed by atoms with Crippen molar-refractivity contribution in [2.45, 2.75) is 6.04 Å². The van der Waals surface area contributed by atoms with E-state index >= 15 is 0 Å². The topological polar surface area (TPSA) is 57.7 Å². The van der Waals surface area contributed by atoms with Crippen LogP contribution in [0, 0.1) is 0 Å². The molecule has 1 atom stereocenters. The Balaban J connectivity index is 1.59. The third-order valence-corrected chi connectivity index (χ3v) is 5.05. The molecule has 0 bridgehead atoms. The summed E-state index contributed by atoms with van der Waals surface area (Å²) in [7, 11) is 4.04. The molecule has 7 heteroatoms. The molecule has 1 amide bonds. The van der Waals surface area contributed by atoms with Gasteiger partial charge in [-0.15, -0.1) is 0 Å². The fourth-order valence-corrected chi connectivity index (χ4v) is 3.56. The normalized spacial score (nSPS) is 16.0. The van der Waals surface area contributed by atoms with Crippen LogP contribution in [-0.4, -0.2) is 62.7 Å². The Hall–Kier alpha value is -1.96. The van der Waals surface area contributed by atoms with E-state index in [0.29, 0.717) is 12.1 Å². The zero-order chi connectivity index (χ0) is 17.6. The number of morpholine rings is 1. The van der Waals surface area contributed by atoms with E-state index < -0.39 is 0 Å². The predicted molar refractivity (Wildman–Crippen MR) is 100 cm³/mol. The number of thiophene rings is 1. The maximum atomic E-state index is 12.4. The number of amides is 1. The van der Waals surface area contributed by atoms with Gasteiger partial charge in [0.05, 0.1) is 24.8 Å². The van der Waals surface area contributed by atoms with Crippen LogP contribution in [0.1, 0.15) is 22.0 Å². The van der Waals surface area contributed by atoms with Crippen molar-refractivity contribution in [2.24, 2.45) is 0 Å². The largest absolute Gasteiger partial charge is 0.378 e. The first-order valence-electron chi connectivity index (χ1n) is 8.40. The lowest BCUT2D eigenvalue weighted by Crippen LogP contribution is -2.37. The smallest absolute Gasteiger partial charge is 0.252 e. The van der Waals surface area contributed by atoms with Gasteiger partial charge in [-0.2, -0.15) is 11.3 Å². The van der Waals surface area contributed by atoms with Crippen molar-refractivity contribution in [3.63, 3.8) is 0 Å². The lowest BCUT2D eigenvalue weighted by Gasteiger charge is -2.27. The molecule has 0 spiro atoms. The molecule has 1 saturated heterocycles. The van der Waals surface area contributed by atoms with Crippen molar-refractivity contribution >= 4 is 23.1 Å². The summed E-state index contributed by atoms with van der Waals surface area (Å²) in [5.41, 5.74) is 1.80. The lowest BCUT2D eigenvalue weighted by molar-refractivity contribution is 0.0941. The maximum Gasteiger partial charge on any atom is 0.252 e. The number of nitrogens with zero attached hydrogens (tertiary/aromatic N) is 3. The Morgan fingerprint density at radius 3 is 2.76 bits per heavy atom. The van der Waals surface area contributed by atoms with E-state index in [1.165, 1.54) is 5.56 Å². The van der Waals surface area contributed by atoms with Crippen molar-refractivity contribution in [3.05, 3.63) is 46.3 Å². The Morgan fingerprint density at radius 1 is 1.36 bits per heavy atom. The molecular weight excluding hydrogens is 336 g/mol. The van der Waals surface area contributed by atoms with E-state index in [1.54, 1.807) is 17.5 Å². The van der Waals surface area contributed by atoms with Crippen molar-refractivity contribution in [2.75, 3.05) is 51.8 Å². The second-order valence-electron chi connectivity index (χ2n) is 6.25. The van der Waals surface area contributed by atoms with E-state index in [0.717, 1.165) is 32.1 Å². The zero-order valence-electron chi connectivity index (χ0n) is 14.6. The first-order chi connectivity index (χ1) is 12.1. The molecule has 134 valence electrons. The minimum Gasteiger partial charge on any atom is -0.378 e. The van der Waals surface area contributed by atoms with E-state index in [9.17, 15) is 4.79 Å². The molecule has 0 saturated carbocycles. The van der Waals surface area contributed by atoms with Gasteiger partial charge in [0.25, 0.3) is 5.91 Å². The van der Waals surface area contributed by atoms with Crippen molar-refractivity contribution in [1.82, 2.24) is 15.2 Å². The third kappa shape index (κ3) is 4.56. The number of likely N-dealkylation sites (N-methyl/N-ethyl adjacent to an activating group) is 1. The number of rotatable bonds is 6. The van der Waals surface area contributed by atoms with Gasteiger partial charge in [-0.3, -0.25) is 4.79 Å². The van der Waals surface area contributed by atoms with Crippen LogP contribution in [-0.2, 0) is 4.74 Å². The number of hydrogen-bond acceptors (Lipinski definition) is 6. The molecular formula is C18H24N4O2S. The van der Waals surface area contributed by atoms with Gasteiger partial charge in [-0.1, -0.05) is 0 Å². The highest BCUT2D eigenvalue weighted by Crippen LogP contribution is 2.20. The molecule has 2 aromatic rings. The van der Waals surface area contributed by atoms with E-state index in [1.807, 2.05) is 26.2 Å². The Kier molecular flexibility index (Phi) is 6.01. The summed E-state index contributed by atoms with van der Waals surface area (Å²) in [4.78, 5) is 21.1. The number of carbonyl (C=O) groups is 1. The molecule has 25 heavy (non-hydrogen) atoms. The highest BCUT2D eigenvalue weighted by atomic mass is 32.1. The van der Waals surface area contributed by atoms with Gasteiger partial charge in [0.15, 0.2) is 0 Å². The summed E-state index contributed by atoms with van der Waals surface area (Å²) in [5, 5.41) is 7.20.